The van der Waals surface area contributed by atoms with E-state index in [0.29, 0.717) is 17.8 Å². The number of nitrogens with one attached hydrogen (secondary N) is 1. The smallest absolute Gasteiger partial charge is 0.251 e. The van der Waals surface area contributed by atoms with Crippen LogP contribution in [0.5, 0.6) is 0 Å². The van der Waals surface area contributed by atoms with Gasteiger partial charge in [0.2, 0.25) is 0 Å². The zero-order valence-corrected chi connectivity index (χ0v) is 15.1. The second kappa shape index (κ2) is 8.92. The number of hydrogen-bond donors (Lipinski definition) is 2. The minimum atomic E-state index is -0.203. The number of nitrogen functional groups attached to an aromatic ring is 1. The summed E-state index contributed by atoms with van der Waals surface area (Å²) in [5, 5.41) is 3.42. The number of anilines is 1. The highest BCUT2D eigenvalue weighted by atomic mass is 35.5. The molecule has 6 heteroatoms. The predicted molar refractivity (Wildman–Crippen MR) is 101 cm³/mol. The van der Waals surface area contributed by atoms with Crippen molar-refractivity contribution in [1.82, 2.24) is 10.2 Å². The van der Waals surface area contributed by atoms with E-state index in [0.717, 1.165) is 19.5 Å². The Balaban J connectivity index is 1.75. The fourth-order valence-electron chi connectivity index (χ4n) is 2.37. The number of nitrogens with two attached hydrogens (primary N) is 1. The van der Waals surface area contributed by atoms with Gasteiger partial charge in [0, 0.05) is 18.7 Å². The summed E-state index contributed by atoms with van der Waals surface area (Å²) in [7, 11) is 2.06. The molecule has 0 aromatic heterocycles. The van der Waals surface area contributed by atoms with Crippen molar-refractivity contribution in [2.24, 2.45) is 0 Å². The second-order valence-corrected chi connectivity index (χ2v) is 6.48. The summed E-state index contributed by atoms with van der Waals surface area (Å²) in [6, 6.07) is 13.3. The Morgan fingerprint density at radius 1 is 1.21 bits per heavy atom. The standard InChI is InChI=1S/C18H21Cl2N3O/c1-23(12-13-6-3-2-4-7-13)9-5-8-22-18(24)14-10-15(19)17(20)16(21)11-14/h2-4,6-7,10-11H,5,8-9,12,21H2,1H3,(H,22,24). The Labute approximate surface area is 152 Å². The third-order valence-corrected chi connectivity index (χ3v) is 4.43. The molecule has 0 spiro atoms. The first-order valence-electron chi connectivity index (χ1n) is 7.72. The molecule has 2 aromatic carbocycles. The molecular weight excluding hydrogens is 345 g/mol. The largest absolute Gasteiger partial charge is 0.397 e. The molecule has 24 heavy (non-hydrogen) atoms. The Hall–Kier alpha value is -1.75. The molecule has 0 aliphatic heterocycles. The summed E-state index contributed by atoms with van der Waals surface area (Å²) < 4.78 is 0. The average molecular weight is 366 g/mol. The van der Waals surface area contributed by atoms with Crippen molar-refractivity contribution in [3.8, 4) is 0 Å². The number of halogens is 2. The van der Waals surface area contributed by atoms with Crippen LogP contribution in [0.2, 0.25) is 10.0 Å². The molecule has 0 heterocycles. The minimum Gasteiger partial charge on any atom is -0.397 e. The van der Waals surface area contributed by atoms with Crippen LogP contribution in [-0.2, 0) is 6.54 Å². The molecule has 4 nitrogen and oxygen atoms in total. The number of carbonyl (C=O) groups excluding carboxylic acids is 1. The third-order valence-electron chi connectivity index (χ3n) is 3.62. The number of hydrogen-bond acceptors (Lipinski definition) is 3. The van der Waals surface area contributed by atoms with E-state index in [-0.39, 0.29) is 16.0 Å². The monoisotopic (exact) mass is 365 g/mol. The fourth-order valence-corrected chi connectivity index (χ4v) is 2.70. The number of amides is 1. The van der Waals surface area contributed by atoms with E-state index in [2.05, 4.69) is 29.4 Å². The topological polar surface area (TPSA) is 58.4 Å². The van der Waals surface area contributed by atoms with Crippen LogP contribution in [0.4, 0.5) is 5.69 Å². The second-order valence-electron chi connectivity index (χ2n) is 5.69. The molecule has 2 rings (SSSR count). The molecule has 0 aliphatic rings. The van der Waals surface area contributed by atoms with Crippen LogP contribution in [0.3, 0.4) is 0 Å². The molecule has 0 bridgehead atoms. The van der Waals surface area contributed by atoms with Crippen LogP contribution in [0.25, 0.3) is 0 Å². The van der Waals surface area contributed by atoms with E-state index in [4.69, 9.17) is 28.9 Å². The van der Waals surface area contributed by atoms with Crippen molar-refractivity contribution in [1.29, 1.82) is 0 Å². The highest BCUT2D eigenvalue weighted by Gasteiger charge is 2.11. The molecule has 0 radical (unpaired) electrons. The SMILES string of the molecule is CN(CCCNC(=O)c1cc(N)c(Cl)c(Cl)c1)Cc1ccccc1. The summed E-state index contributed by atoms with van der Waals surface area (Å²) >= 11 is 11.8. The zero-order valence-electron chi connectivity index (χ0n) is 13.6. The third kappa shape index (κ3) is 5.41. The Bertz CT molecular complexity index is 669. The van der Waals surface area contributed by atoms with Gasteiger partial charge >= 0.3 is 0 Å². The van der Waals surface area contributed by atoms with Gasteiger partial charge in [-0.05, 0) is 37.7 Å². The molecule has 0 saturated carbocycles. The predicted octanol–water partition coefficient (Wildman–Crippen LogP) is 3.83. The minimum absolute atomic E-state index is 0.203. The molecule has 0 aliphatic carbocycles. The number of benzene rings is 2. The van der Waals surface area contributed by atoms with Gasteiger partial charge in [0.05, 0.1) is 15.7 Å². The van der Waals surface area contributed by atoms with Crippen molar-refractivity contribution in [3.05, 3.63) is 63.6 Å². The van der Waals surface area contributed by atoms with Crippen molar-refractivity contribution < 1.29 is 4.79 Å². The highest BCUT2D eigenvalue weighted by molar-refractivity contribution is 6.43. The fraction of sp³-hybridized carbons (Fsp3) is 0.278. The van der Waals surface area contributed by atoms with Gasteiger partial charge in [-0.25, -0.2) is 0 Å². The summed E-state index contributed by atoms with van der Waals surface area (Å²) in [5.41, 5.74) is 7.72. The van der Waals surface area contributed by atoms with Crippen LogP contribution in [0.15, 0.2) is 42.5 Å². The summed E-state index contributed by atoms with van der Waals surface area (Å²) in [4.78, 5) is 14.3. The molecule has 2 aromatic rings. The molecule has 0 fully saturated rings. The first-order chi connectivity index (χ1) is 11.5. The lowest BCUT2D eigenvalue weighted by Crippen LogP contribution is -2.28. The quantitative estimate of drug-likeness (QED) is 0.578. The lowest BCUT2D eigenvalue weighted by Gasteiger charge is -2.16. The molecular formula is C18H21Cl2N3O. The maximum absolute atomic E-state index is 12.1. The van der Waals surface area contributed by atoms with Crippen LogP contribution >= 0.6 is 23.2 Å². The zero-order chi connectivity index (χ0) is 17.5. The van der Waals surface area contributed by atoms with Crippen LogP contribution in [-0.4, -0.2) is 30.9 Å². The van der Waals surface area contributed by atoms with E-state index in [9.17, 15) is 4.79 Å². The average Bonchev–Trinajstić information content (AvgIpc) is 2.56. The lowest BCUT2D eigenvalue weighted by atomic mass is 10.2. The van der Waals surface area contributed by atoms with Crippen LogP contribution < -0.4 is 11.1 Å². The molecule has 3 N–H and O–H groups in total. The molecule has 0 atom stereocenters. The van der Waals surface area contributed by atoms with E-state index < -0.39 is 0 Å². The Morgan fingerprint density at radius 3 is 2.58 bits per heavy atom. The maximum atomic E-state index is 12.1. The van der Waals surface area contributed by atoms with Gasteiger partial charge in [-0.1, -0.05) is 53.5 Å². The number of carbonyl (C=O) groups is 1. The first-order valence-corrected chi connectivity index (χ1v) is 8.48. The number of rotatable bonds is 7. The highest BCUT2D eigenvalue weighted by Crippen LogP contribution is 2.29. The van der Waals surface area contributed by atoms with Crippen LogP contribution in [0.1, 0.15) is 22.3 Å². The van der Waals surface area contributed by atoms with Gasteiger partial charge in [0.1, 0.15) is 0 Å². The number of nitrogens with zero attached hydrogens (tertiary/aromatic N) is 1. The normalized spacial score (nSPS) is 10.8. The van der Waals surface area contributed by atoms with Gasteiger partial charge in [0.15, 0.2) is 0 Å². The summed E-state index contributed by atoms with van der Waals surface area (Å²) in [6.45, 7) is 2.36. The Kier molecular flexibility index (Phi) is 6.91. The van der Waals surface area contributed by atoms with Crippen molar-refractivity contribution in [2.75, 3.05) is 25.9 Å². The summed E-state index contributed by atoms with van der Waals surface area (Å²) in [6.07, 6.45) is 0.853. The van der Waals surface area contributed by atoms with Crippen LogP contribution in [0, 0.1) is 0 Å². The van der Waals surface area contributed by atoms with Gasteiger partial charge < -0.3 is 16.0 Å². The van der Waals surface area contributed by atoms with Crippen molar-refractivity contribution in [2.45, 2.75) is 13.0 Å². The van der Waals surface area contributed by atoms with E-state index in [1.807, 2.05) is 18.2 Å². The lowest BCUT2D eigenvalue weighted by molar-refractivity contribution is 0.0952. The van der Waals surface area contributed by atoms with E-state index >= 15 is 0 Å². The van der Waals surface area contributed by atoms with Gasteiger partial charge in [0.25, 0.3) is 5.91 Å². The van der Waals surface area contributed by atoms with E-state index in [1.165, 1.54) is 17.7 Å². The molecule has 0 unspecified atom stereocenters. The van der Waals surface area contributed by atoms with Gasteiger partial charge in [-0.3, -0.25) is 4.79 Å². The molecule has 128 valence electrons. The first kappa shape index (κ1) is 18.6. The maximum Gasteiger partial charge on any atom is 0.251 e. The molecule has 1 amide bonds. The van der Waals surface area contributed by atoms with Crippen molar-refractivity contribution in [3.63, 3.8) is 0 Å². The van der Waals surface area contributed by atoms with Gasteiger partial charge in [-0.15, -0.1) is 0 Å². The van der Waals surface area contributed by atoms with Crippen molar-refractivity contribution >= 4 is 34.8 Å². The Morgan fingerprint density at radius 2 is 1.92 bits per heavy atom. The van der Waals surface area contributed by atoms with Gasteiger partial charge in [-0.2, -0.15) is 0 Å². The molecule has 0 saturated heterocycles. The summed E-state index contributed by atoms with van der Waals surface area (Å²) in [5.74, 6) is -0.203. The van der Waals surface area contributed by atoms with E-state index in [1.54, 1.807) is 0 Å².